The Morgan fingerprint density at radius 2 is 2.21 bits per heavy atom. The van der Waals surface area contributed by atoms with Gasteiger partial charge in [0, 0.05) is 0 Å². The van der Waals surface area contributed by atoms with Crippen molar-refractivity contribution in [3.63, 3.8) is 0 Å². The molecule has 1 aromatic carbocycles. The van der Waals surface area contributed by atoms with Crippen LogP contribution in [0.15, 0.2) is 6.07 Å². The third-order valence-electron chi connectivity index (χ3n) is 1.89. The highest BCUT2D eigenvalue weighted by atomic mass is 35.5. The summed E-state index contributed by atoms with van der Waals surface area (Å²) in [5.41, 5.74) is 1.38. The number of hydrogen-bond acceptors (Lipinski definition) is 1. The second-order valence-corrected chi connectivity index (χ2v) is 3.41. The van der Waals surface area contributed by atoms with Crippen LogP contribution in [0.4, 0.5) is 5.69 Å². The molecule has 0 radical (unpaired) electrons. The zero-order valence-corrected chi connectivity index (χ0v) is 8.95. The van der Waals surface area contributed by atoms with Crippen LogP contribution in [0.5, 0.6) is 0 Å². The topological polar surface area (TPSA) is 28.1 Å². The molecular formula is C10H6Cl2N2. The molecule has 0 amide bonds. The Labute approximate surface area is 92.5 Å². The van der Waals surface area contributed by atoms with Gasteiger partial charge >= 0.3 is 0 Å². The molecule has 0 aliphatic carbocycles. The molecule has 0 spiro atoms. The summed E-state index contributed by atoms with van der Waals surface area (Å²) < 4.78 is 0. The number of benzene rings is 1. The molecule has 0 aromatic heterocycles. The minimum Gasteiger partial charge on any atom is -0.238 e. The van der Waals surface area contributed by atoms with E-state index in [0.717, 1.165) is 0 Å². The summed E-state index contributed by atoms with van der Waals surface area (Å²) in [4.78, 5) is 3.31. The number of nitrogens with zero attached hydrogens (tertiary/aromatic N) is 2. The molecule has 0 saturated carbocycles. The highest BCUT2D eigenvalue weighted by Crippen LogP contribution is 2.35. The standard InChI is InChI=1S/C10H6Cl2N2/c1-3-6-7(5-13)10(12)8(11)4-9(6)14-2/h4H,3H2,1H3. The molecule has 0 bridgehead atoms. The van der Waals surface area contributed by atoms with E-state index >= 15 is 0 Å². The van der Waals surface area contributed by atoms with Crippen LogP contribution in [0.1, 0.15) is 18.1 Å². The first-order chi connectivity index (χ1) is 6.65. The van der Waals surface area contributed by atoms with Crippen LogP contribution in [-0.4, -0.2) is 0 Å². The van der Waals surface area contributed by atoms with Crippen LogP contribution >= 0.6 is 23.2 Å². The van der Waals surface area contributed by atoms with Gasteiger partial charge in [-0.3, -0.25) is 0 Å². The smallest absolute Gasteiger partial charge is 0.193 e. The van der Waals surface area contributed by atoms with Gasteiger partial charge in [0.15, 0.2) is 5.69 Å². The first-order valence-corrected chi connectivity index (χ1v) is 4.69. The molecule has 0 saturated heterocycles. The first-order valence-electron chi connectivity index (χ1n) is 3.94. The van der Waals surface area contributed by atoms with Crippen LogP contribution in [-0.2, 0) is 6.42 Å². The van der Waals surface area contributed by atoms with Crippen molar-refractivity contribution < 1.29 is 0 Å². The number of nitriles is 1. The molecule has 1 rings (SSSR count). The van der Waals surface area contributed by atoms with E-state index in [2.05, 4.69) is 4.85 Å². The van der Waals surface area contributed by atoms with Crippen molar-refractivity contribution >= 4 is 28.9 Å². The lowest BCUT2D eigenvalue weighted by atomic mass is 10.0. The Hall–Kier alpha value is -1.22. The Bertz CT molecular complexity index is 453. The summed E-state index contributed by atoms with van der Waals surface area (Å²) in [7, 11) is 0. The van der Waals surface area contributed by atoms with E-state index in [1.165, 1.54) is 6.07 Å². The van der Waals surface area contributed by atoms with Crippen LogP contribution in [0.25, 0.3) is 4.85 Å². The summed E-state index contributed by atoms with van der Waals surface area (Å²) >= 11 is 11.6. The van der Waals surface area contributed by atoms with Gasteiger partial charge in [-0.15, -0.1) is 0 Å². The third-order valence-corrected chi connectivity index (χ3v) is 2.68. The van der Waals surface area contributed by atoms with E-state index in [4.69, 9.17) is 35.0 Å². The minimum atomic E-state index is 0.235. The van der Waals surface area contributed by atoms with Gasteiger partial charge in [0.05, 0.1) is 28.3 Å². The predicted molar refractivity (Wildman–Crippen MR) is 56.8 cm³/mol. The Morgan fingerprint density at radius 1 is 1.57 bits per heavy atom. The Kier molecular flexibility index (Phi) is 3.36. The van der Waals surface area contributed by atoms with E-state index in [-0.39, 0.29) is 10.0 Å². The summed E-state index contributed by atoms with van der Waals surface area (Å²) in [6.45, 7) is 8.81. The molecule has 70 valence electrons. The number of halogens is 2. The summed E-state index contributed by atoms with van der Waals surface area (Å²) in [5.74, 6) is 0. The molecule has 0 atom stereocenters. The minimum absolute atomic E-state index is 0.235. The van der Waals surface area contributed by atoms with Gasteiger partial charge in [0.1, 0.15) is 0 Å². The van der Waals surface area contributed by atoms with Crippen molar-refractivity contribution in [3.8, 4) is 6.07 Å². The Balaban J connectivity index is 3.63. The van der Waals surface area contributed by atoms with Gasteiger partial charge in [-0.25, -0.2) is 4.85 Å². The molecule has 14 heavy (non-hydrogen) atoms. The van der Waals surface area contributed by atoms with Gasteiger partial charge in [-0.1, -0.05) is 30.1 Å². The lowest BCUT2D eigenvalue weighted by molar-refractivity contribution is 1.14. The van der Waals surface area contributed by atoms with Crippen molar-refractivity contribution in [1.29, 1.82) is 5.26 Å². The maximum Gasteiger partial charge on any atom is 0.193 e. The SMILES string of the molecule is [C-]#[N+]c1cc(Cl)c(Cl)c(C#N)c1CC. The van der Waals surface area contributed by atoms with E-state index in [1.54, 1.807) is 0 Å². The second kappa shape index (κ2) is 4.33. The molecule has 0 unspecified atom stereocenters. The van der Waals surface area contributed by atoms with Crippen LogP contribution < -0.4 is 0 Å². The van der Waals surface area contributed by atoms with Crippen molar-refractivity contribution in [1.82, 2.24) is 0 Å². The quantitative estimate of drug-likeness (QED) is 0.664. The first kappa shape index (κ1) is 10.9. The lowest BCUT2D eigenvalue weighted by Gasteiger charge is -2.06. The van der Waals surface area contributed by atoms with Gasteiger partial charge in [-0.05, 0) is 18.1 Å². The van der Waals surface area contributed by atoms with Crippen LogP contribution in [0.2, 0.25) is 10.0 Å². The fourth-order valence-corrected chi connectivity index (χ4v) is 1.63. The maximum absolute atomic E-state index is 8.88. The van der Waals surface area contributed by atoms with Crippen molar-refractivity contribution in [2.24, 2.45) is 0 Å². The highest BCUT2D eigenvalue weighted by Gasteiger charge is 2.14. The zero-order chi connectivity index (χ0) is 10.7. The molecule has 0 fully saturated rings. The van der Waals surface area contributed by atoms with Crippen molar-refractivity contribution in [2.75, 3.05) is 0 Å². The summed E-state index contributed by atoms with van der Waals surface area (Å²) in [6.07, 6.45) is 0.595. The molecule has 0 N–H and O–H groups in total. The van der Waals surface area contributed by atoms with Crippen LogP contribution in [0.3, 0.4) is 0 Å². The van der Waals surface area contributed by atoms with Gasteiger partial charge in [0.2, 0.25) is 0 Å². The maximum atomic E-state index is 8.88. The van der Waals surface area contributed by atoms with Crippen molar-refractivity contribution in [3.05, 3.63) is 38.7 Å². The molecule has 1 aromatic rings. The fraction of sp³-hybridized carbons (Fsp3) is 0.200. The van der Waals surface area contributed by atoms with E-state index in [1.807, 2.05) is 13.0 Å². The van der Waals surface area contributed by atoms with E-state index in [0.29, 0.717) is 23.2 Å². The third kappa shape index (κ3) is 1.68. The van der Waals surface area contributed by atoms with E-state index < -0.39 is 0 Å². The summed E-state index contributed by atoms with van der Waals surface area (Å²) in [6, 6.07) is 3.47. The number of hydrogen-bond donors (Lipinski definition) is 0. The summed E-state index contributed by atoms with van der Waals surface area (Å²) in [5, 5.41) is 9.37. The lowest BCUT2D eigenvalue weighted by Crippen LogP contribution is -1.90. The van der Waals surface area contributed by atoms with E-state index in [9.17, 15) is 0 Å². The molecule has 0 aliphatic heterocycles. The largest absolute Gasteiger partial charge is 0.238 e. The average molecular weight is 225 g/mol. The molecule has 0 aliphatic rings. The average Bonchev–Trinajstić information content (AvgIpc) is 2.20. The second-order valence-electron chi connectivity index (χ2n) is 2.62. The van der Waals surface area contributed by atoms with Gasteiger partial charge in [-0.2, -0.15) is 5.26 Å². The fourth-order valence-electron chi connectivity index (χ4n) is 1.22. The normalized spacial score (nSPS) is 9.21. The van der Waals surface area contributed by atoms with Crippen LogP contribution in [0, 0.1) is 17.9 Å². The van der Waals surface area contributed by atoms with Gasteiger partial charge in [0.25, 0.3) is 0 Å². The molecule has 4 heteroatoms. The zero-order valence-electron chi connectivity index (χ0n) is 7.43. The molecule has 0 heterocycles. The monoisotopic (exact) mass is 224 g/mol. The molecule has 2 nitrogen and oxygen atoms in total. The number of rotatable bonds is 1. The molecular weight excluding hydrogens is 219 g/mol. The predicted octanol–water partition coefficient (Wildman–Crippen LogP) is 3.98. The van der Waals surface area contributed by atoms with Crippen molar-refractivity contribution in [2.45, 2.75) is 13.3 Å². The highest BCUT2D eigenvalue weighted by molar-refractivity contribution is 6.43. The van der Waals surface area contributed by atoms with Gasteiger partial charge < -0.3 is 0 Å². The Morgan fingerprint density at radius 3 is 2.64 bits per heavy atom.